The standard InChI is InChI=1S/C17H27N3O20P2S/c1-6(22)18-10-12(25)14(39-43(32,33)34)7(4-21)37-16(10)38-42(30,31)40-41(28,29)35-5-8-11(24)13(26)15(36-8)20-3-2-9(23)19-17(20)27/h2-3,7-8,10-16,21,24-26H,4-5H2,1H3,(H,18,22)(H,28,29)(H,30,31)(H,19,23,27)(H,32,33,34)/t7-,8-,10-,11-,12-,13-,14+,15-,16-/m1/s1. The number of phosphoric ester groups is 2. The minimum Gasteiger partial charge on any atom is -0.394 e. The van der Waals surface area contributed by atoms with E-state index in [4.69, 9.17) is 14.0 Å². The number of aromatic nitrogens is 2. The summed E-state index contributed by atoms with van der Waals surface area (Å²) in [6, 6.07) is -1.06. The molecule has 1 aromatic rings. The molecule has 0 saturated carbocycles. The molecule has 0 bridgehead atoms. The Hall–Kier alpha value is -1.96. The molecule has 9 N–H and O–H groups in total. The van der Waals surface area contributed by atoms with E-state index in [9.17, 15) is 62.1 Å². The number of phosphoric acid groups is 2. The Morgan fingerprint density at radius 2 is 1.74 bits per heavy atom. The average Bonchev–Trinajstić information content (AvgIpc) is 3.13. The molecule has 0 aliphatic carbocycles. The van der Waals surface area contributed by atoms with Gasteiger partial charge in [-0.15, -0.1) is 0 Å². The summed E-state index contributed by atoms with van der Waals surface area (Å²) in [5.74, 6) is -0.945. The maximum atomic E-state index is 12.6. The number of rotatable bonds is 12. The highest BCUT2D eigenvalue weighted by Gasteiger charge is 2.52. The summed E-state index contributed by atoms with van der Waals surface area (Å²) in [4.78, 5) is 56.7. The predicted molar refractivity (Wildman–Crippen MR) is 131 cm³/mol. The molecule has 246 valence electrons. The van der Waals surface area contributed by atoms with Crippen LogP contribution in [0.2, 0.25) is 0 Å². The molecule has 3 rings (SSSR count). The van der Waals surface area contributed by atoms with Crippen molar-refractivity contribution in [3.05, 3.63) is 33.1 Å². The molecule has 26 heteroatoms. The van der Waals surface area contributed by atoms with Gasteiger partial charge in [-0.1, -0.05) is 0 Å². The summed E-state index contributed by atoms with van der Waals surface area (Å²) in [7, 11) is -16.7. The van der Waals surface area contributed by atoms with Gasteiger partial charge in [0.1, 0.15) is 42.7 Å². The fourth-order valence-corrected chi connectivity index (χ4v) is 6.68. The van der Waals surface area contributed by atoms with Gasteiger partial charge < -0.3 is 45.0 Å². The lowest BCUT2D eigenvalue weighted by Gasteiger charge is -2.43. The molecular weight excluding hydrogens is 660 g/mol. The predicted octanol–water partition coefficient (Wildman–Crippen LogP) is -4.82. The maximum absolute atomic E-state index is 12.6. The number of hydrogen-bond acceptors (Lipinski definition) is 17. The van der Waals surface area contributed by atoms with Gasteiger partial charge in [-0.25, -0.2) is 18.1 Å². The zero-order valence-corrected chi connectivity index (χ0v) is 24.1. The molecule has 2 unspecified atom stereocenters. The van der Waals surface area contributed by atoms with E-state index < -0.39 is 112 Å². The van der Waals surface area contributed by atoms with Gasteiger partial charge in [-0.2, -0.15) is 12.7 Å². The number of H-pyrrole nitrogens is 1. The van der Waals surface area contributed by atoms with Gasteiger partial charge in [-0.05, 0) is 0 Å². The van der Waals surface area contributed by atoms with Crippen molar-refractivity contribution in [2.75, 3.05) is 13.2 Å². The SMILES string of the molecule is CC(=O)N[C@H]1[C@@H](OP(=O)(O)OP(=O)(O)OC[C@H]2O[C@@H](n3ccc(=O)[nH]c3=O)[C@H](O)[C@@H]2O)O[C@H](CO)[C@H](OS(=O)(=O)O)[C@@H]1O. The molecule has 2 aliphatic heterocycles. The Kier molecular flexibility index (Phi) is 11.2. The summed E-state index contributed by atoms with van der Waals surface area (Å²) in [5, 5.41) is 42.4. The first-order chi connectivity index (χ1) is 19.7. The third-order valence-electron chi connectivity index (χ3n) is 5.76. The second kappa shape index (κ2) is 13.6. The second-order valence-corrected chi connectivity index (χ2v) is 13.0. The largest absolute Gasteiger partial charge is 0.483 e. The normalized spacial score (nSPS) is 34.3. The number of amides is 1. The van der Waals surface area contributed by atoms with Crippen molar-refractivity contribution < 1.29 is 84.1 Å². The molecule has 2 fully saturated rings. The van der Waals surface area contributed by atoms with Crippen molar-refractivity contribution in [2.24, 2.45) is 0 Å². The van der Waals surface area contributed by atoms with E-state index in [-0.39, 0.29) is 0 Å². The molecule has 0 spiro atoms. The van der Waals surface area contributed by atoms with Gasteiger partial charge >= 0.3 is 31.7 Å². The minimum atomic E-state index is -5.79. The van der Waals surface area contributed by atoms with E-state index in [0.29, 0.717) is 4.57 Å². The van der Waals surface area contributed by atoms with Gasteiger partial charge in [-0.3, -0.25) is 32.7 Å². The van der Waals surface area contributed by atoms with Crippen LogP contribution in [0, 0.1) is 0 Å². The van der Waals surface area contributed by atoms with Crippen LogP contribution >= 0.6 is 15.6 Å². The molecule has 3 heterocycles. The smallest absolute Gasteiger partial charge is 0.394 e. The molecule has 43 heavy (non-hydrogen) atoms. The zero-order chi connectivity index (χ0) is 32.5. The van der Waals surface area contributed by atoms with Crippen LogP contribution in [0.4, 0.5) is 0 Å². The number of aliphatic hydroxyl groups excluding tert-OH is 4. The molecule has 2 saturated heterocycles. The fraction of sp³-hybridized carbons (Fsp3) is 0.706. The molecular formula is C17H27N3O20P2S. The van der Waals surface area contributed by atoms with Crippen LogP contribution in [0.15, 0.2) is 21.9 Å². The van der Waals surface area contributed by atoms with Gasteiger partial charge in [0.05, 0.1) is 13.2 Å². The number of carbonyl (C=O) groups is 1. The van der Waals surface area contributed by atoms with Gasteiger partial charge in [0, 0.05) is 19.2 Å². The first kappa shape index (κ1) is 35.5. The number of ether oxygens (including phenoxy) is 2. The summed E-state index contributed by atoms with van der Waals surface area (Å²) < 4.78 is 84.7. The van der Waals surface area contributed by atoms with E-state index >= 15 is 0 Å². The van der Waals surface area contributed by atoms with E-state index in [2.05, 4.69) is 17.5 Å². The van der Waals surface area contributed by atoms with Crippen molar-refractivity contribution in [1.82, 2.24) is 14.9 Å². The van der Waals surface area contributed by atoms with Crippen molar-refractivity contribution in [3.63, 3.8) is 0 Å². The number of hydrogen-bond donors (Lipinski definition) is 9. The van der Waals surface area contributed by atoms with Crippen LogP contribution < -0.4 is 16.6 Å². The molecule has 1 amide bonds. The van der Waals surface area contributed by atoms with E-state index in [1.165, 1.54) is 0 Å². The fourth-order valence-electron chi connectivity index (χ4n) is 4.00. The summed E-state index contributed by atoms with van der Waals surface area (Å²) in [5.41, 5.74) is -1.82. The number of nitrogens with zero attached hydrogens (tertiary/aromatic N) is 1. The van der Waals surface area contributed by atoms with Gasteiger partial charge in [0.15, 0.2) is 12.5 Å². The first-order valence-corrected chi connectivity index (χ1v) is 16.0. The topological polar surface area (TPSA) is 349 Å². The highest BCUT2D eigenvalue weighted by molar-refractivity contribution is 7.80. The monoisotopic (exact) mass is 687 g/mol. The molecule has 0 aromatic carbocycles. The van der Waals surface area contributed by atoms with Crippen molar-refractivity contribution in [3.8, 4) is 0 Å². The Balaban J connectivity index is 1.70. The van der Waals surface area contributed by atoms with Crippen LogP contribution in [0.3, 0.4) is 0 Å². The zero-order valence-electron chi connectivity index (χ0n) is 21.5. The Morgan fingerprint density at radius 1 is 1.09 bits per heavy atom. The van der Waals surface area contributed by atoms with Crippen molar-refractivity contribution in [1.29, 1.82) is 0 Å². The summed E-state index contributed by atoms with van der Waals surface area (Å²) in [6.45, 7) is -1.36. The summed E-state index contributed by atoms with van der Waals surface area (Å²) in [6.07, 6.45) is -14.5. The van der Waals surface area contributed by atoms with E-state index in [1.54, 1.807) is 0 Å². The molecule has 0 radical (unpaired) electrons. The number of aromatic amines is 1. The highest BCUT2D eigenvalue weighted by Crippen LogP contribution is 2.61. The Bertz CT molecular complexity index is 1480. The van der Waals surface area contributed by atoms with E-state index in [1.807, 2.05) is 10.3 Å². The second-order valence-electron chi connectivity index (χ2n) is 8.91. The molecule has 11 atom stereocenters. The summed E-state index contributed by atoms with van der Waals surface area (Å²) >= 11 is 0. The van der Waals surface area contributed by atoms with Crippen LogP contribution in [0.1, 0.15) is 13.2 Å². The lowest BCUT2D eigenvalue weighted by atomic mass is 9.97. The van der Waals surface area contributed by atoms with Crippen LogP contribution in [0.25, 0.3) is 0 Å². The Morgan fingerprint density at radius 3 is 2.30 bits per heavy atom. The van der Waals surface area contributed by atoms with Crippen LogP contribution in [-0.4, -0.2) is 121 Å². The van der Waals surface area contributed by atoms with Crippen molar-refractivity contribution >= 4 is 32.0 Å². The van der Waals surface area contributed by atoms with Gasteiger partial charge in [0.2, 0.25) is 5.91 Å². The first-order valence-electron chi connectivity index (χ1n) is 11.6. The van der Waals surface area contributed by atoms with Gasteiger partial charge in [0.25, 0.3) is 5.56 Å². The quantitative estimate of drug-likeness (QED) is 0.0735. The molecule has 2 aliphatic rings. The lowest BCUT2D eigenvalue weighted by Crippen LogP contribution is -2.65. The van der Waals surface area contributed by atoms with Crippen LogP contribution in [-0.2, 0) is 51.3 Å². The number of aliphatic hydroxyl groups is 4. The average molecular weight is 687 g/mol. The van der Waals surface area contributed by atoms with E-state index in [0.717, 1.165) is 19.2 Å². The van der Waals surface area contributed by atoms with Crippen LogP contribution in [0.5, 0.6) is 0 Å². The molecule has 23 nitrogen and oxygen atoms in total. The number of carbonyl (C=O) groups excluding carboxylic acids is 1. The highest BCUT2D eigenvalue weighted by atomic mass is 32.3. The lowest BCUT2D eigenvalue weighted by molar-refractivity contribution is -0.242. The maximum Gasteiger partial charge on any atom is 0.483 e. The van der Waals surface area contributed by atoms with Crippen molar-refractivity contribution in [2.45, 2.75) is 62.1 Å². The third-order valence-corrected chi connectivity index (χ3v) is 8.83. The number of nitrogens with one attached hydrogen (secondary N) is 2. The minimum absolute atomic E-state index is 0.690. The molecule has 1 aromatic heterocycles. The Labute approximate surface area is 239 Å². The third kappa shape index (κ3) is 9.27.